The van der Waals surface area contributed by atoms with E-state index in [9.17, 15) is 12.8 Å². The second kappa shape index (κ2) is 5.09. The normalized spacial score (nSPS) is 11.3. The molecule has 0 aliphatic heterocycles. The van der Waals surface area contributed by atoms with E-state index < -0.39 is 15.8 Å². The van der Waals surface area contributed by atoms with Gasteiger partial charge in [-0.15, -0.1) is 0 Å². The third kappa shape index (κ3) is 4.26. The molecule has 4 nitrogen and oxygen atoms in total. The minimum atomic E-state index is -3.41. The van der Waals surface area contributed by atoms with Crippen molar-refractivity contribution in [3.63, 3.8) is 0 Å². The summed E-state index contributed by atoms with van der Waals surface area (Å²) in [6.07, 6.45) is 0.380. The summed E-state index contributed by atoms with van der Waals surface area (Å²) < 4.78 is 37.8. The monoisotopic (exact) mass is 232 g/mol. The van der Waals surface area contributed by atoms with Crippen LogP contribution in [0.2, 0.25) is 0 Å². The molecule has 1 rings (SSSR count). The molecule has 0 fully saturated rings. The molecule has 0 atom stereocenters. The highest BCUT2D eigenvalue weighted by atomic mass is 32.2. The highest BCUT2D eigenvalue weighted by Gasteiger charge is 2.09. The minimum Gasteiger partial charge on any atom is -0.330 e. The summed E-state index contributed by atoms with van der Waals surface area (Å²) in [6.45, 7) is 0.310. The van der Waals surface area contributed by atoms with Crippen molar-refractivity contribution in [1.29, 1.82) is 0 Å². The zero-order valence-corrected chi connectivity index (χ0v) is 8.93. The van der Waals surface area contributed by atoms with Crippen molar-refractivity contribution < 1.29 is 12.8 Å². The lowest BCUT2D eigenvalue weighted by atomic mass is 10.3. The van der Waals surface area contributed by atoms with Gasteiger partial charge >= 0.3 is 0 Å². The van der Waals surface area contributed by atoms with Crippen LogP contribution < -0.4 is 10.5 Å². The molecule has 15 heavy (non-hydrogen) atoms. The third-order valence-corrected chi connectivity index (χ3v) is 3.09. The van der Waals surface area contributed by atoms with Crippen molar-refractivity contribution in [3.8, 4) is 0 Å². The van der Waals surface area contributed by atoms with Crippen LogP contribution in [0.4, 0.5) is 10.1 Å². The SMILES string of the molecule is NCCCS(=O)(=O)Nc1cccc(F)c1. The van der Waals surface area contributed by atoms with Gasteiger partial charge in [0, 0.05) is 0 Å². The van der Waals surface area contributed by atoms with Crippen LogP contribution in [0, 0.1) is 5.82 Å². The maximum Gasteiger partial charge on any atom is 0.232 e. The summed E-state index contributed by atoms with van der Waals surface area (Å²) >= 11 is 0. The molecule has 1 aromatic carbocycles. The van der Waals surface area contributed by atoms with Crippen molar-refractivity contribution in [3.05, 3.63) is 30.1 Å². The van der Waals surface area contributed by atoms with Gasteiger partial charge < -0.3 is 5.73 Å². The molecule has 84 valence electrons. The number of anilines is 1. The Bertz CT molecular complexity index is 420. The Kier molecular flexibility index (Phi) is 4.05. The van der Waals surface area contributed by atoms with Gasteiger partial charge in [-0.1, -0.05) is 6.07 Å². The van der Waals surface area contributed by atoms with Crippen molar-refractivity contribution in [1.82, 2.24) is 0 Å². The Morgan fingerprint density at radius 2 is 2.13 bits per heavy atom. The topological polar surface area (TPSA) is 72.2 Å². The van der Waals surface area contributed by atoms with Crippen molar-refractivity contribution in [2.75, 3.05) is 17.0 Å². The van der Waals surface area contributed by atoms with Gasteiger partial charge in [0.25, 0.3) is 0 Å². The zero-order valence-electron chi connectivity index (χ0n) is 8.11. The first kappa shape index (κ1) is 11.9. The van der Waals surface area contributed by atoms with Gasteiger partial charge in [-0.05, 0) is 31.2 Å². The molecule has 3 N–H and O–H groups in total. The predicted octanol–water partition coefficient (Wildman–Crippen LogP) is 0.916. The van der Waals surface area contributed by atoms with Gasteiger partial charge in [0.1, 0.15) is 5.82 Å². The molecule has 0 heterocycles. The molecule has 0 unspecified atom stereocenters. The van der Waals surface area contributed by atoms with Gasteiger partial charge in [-0.2, -0.15) is 0 Å². The number of sulfonamides is 1. The Balaban J connectivity index is 2.69. The Hall–Kier alpha value is -1.14. The average Bonchev–Trinajstić information content (AvgIpc) is 2.14. The maximum atomic E-state index is 12.7. The second-order valence-corrected chi connectivity index (χ2v) is 4.92. The Labute approximate surface area is 88.3 Å². The molecule has 6 heteroatoms. The van der Waals surface area contributed by atoms with E-state index in [1.165, 1.54) is 18.2 Å². The Morgan fingerprint density at radius 1 is 1.40 bits per heavy atom. The fraction of sp³-hybridized carbons (Fsp3) is 0.333. The summed E-state index contributed by atoms with van der Waals surface area (Å²) in [6, 6.07) is 5.30. The van der Waals surface area contributed by atoms with Crippen LogP contribution in [0.5, 0.6) is 0 Å². The maximum absolute atomic E-state index is 12.7. The molecule has 0 aromatic heterocycles. The second-order valence-electron chi connectivity index (χ2n) is 3.07. The third-order valence-electron chi connectivity index (χ3n) is 1.72. The summed E-state index contributed by atoms with van der Waals surface area (Å²) in [5.41, 5.74) is 5.43. The summed E-state index contributed by atoms with van der Waals surface area (Å²) in [5, 5.41) is 0. The molecule has 0 bridgehead atoms. The summed E-state index contributed by atoms with van der Waals surface area (Å²) in [4.78, 5) is 0. The molecule has 0 aliphatic rings. The average molecular weight is 232 g/mol. The number of benzene rings is 1. The fourth-order valence-corrected chi connectivity index (χ4v) is 2.19. The summed E-state index contributed by atoms with van der Waals surface area (Å²) in [7, 11) is -3.41. The van der Waals surface area contributed by atoms with Crippen LogP contribution in [-0.4, -0.2) is 20.7 Å². The molecule has 0 saturated heterocycles. The van der Waals surface area contributed by atoms with E-state index in [1.807, 2.05) is 0 Å². The smallest absolute Gasteiger partial charge is 0.232 e. The van der Waals surface area contributed by atoms with Gasteiger partial charge in [0.2, 0.25) is 10.0 Å². The van der Waals surface area contributed by atoms with E-state index >= 15 is 0 Å². The van der Waals surface area contributed by atoms with Crippen LogP contribution in [0.1, 0.15) is 6.42 Å². The lowest BCUT2D eigenvalue weighted by Gasteiger charge is -2.06. The molecular weight excluding hydrogens is 219 g/mol. The van der Waals surface area contributed by atoms with Gasteiger partial charge in [0.15, 0.2) is 0 Å². The molecule has 1 aromatic rings. The van der Waals surface area contributed by atoms with Crippen LogP contribution in [0.15, 0.2) is 24.3 Å². The lowest BCUT2D eigenvalue weighted by molar-refractivity contribution is 0.598. The highest BCUT2D eigenvalue weighted by molar-refractivity contribution is 7.92. The molecule has 0 saturated carbocycles. The predicted molar refractivity (Wildman–Crippen MR) is 57.5 cm³/mol. The highest BCUT2D eigenvalue weighted by Crippen LogP contribution is 2.11. The minimum absolute atomic E-state index is 0.0555. The van der Waals surface area contributed by atoms with Gasteiger partial charge in [-0.25, -0.2) is 12.8 Å². The van der Waals surface area contributed by atoms with E-state index in [4.69, 9.17) is 5.73 Å². The standard InChI is InChI=1S/C9H13FN2O2S/c10-8-3-1-4-9(7-8)12-15(13,14)6-2-5-11/h1,3-4,7,12H,2,5-6,11H2. The van der Waals surface area contributed by atoms with Crippen LogP contribution in [0.25, 0.3) is 0 Å². The molecule has 0 aliphatic carbocycles. The van der Waals surface area contributed by atoms with Crippen molar-refractivity contribution >= 4 is 15.7 Å². The quantitative estimate of drug-likeness (QED) is 0.792. The Morgan fingerprint density at radius 3 is 2.73 bits per heavy atom. The van der Waals surface area contributed by atoms with Crippen LogP contribution in [0.3, 0.4) is 0 Å². The van der Waals surface area contributed by atoms with E-state index in [-0.39, 0.29) is 11.4 Å². The van der Waals surface area contributed by atoms with E-state index in [2.05, 4.69) is 4.72 Å². The number of rotatable bonds is 5. The van der Waals surface area contributed by atoms with Crippen molar-refractivity contribution in [2.24, 2.45) is 5.73 Å². The molecule has 0 amide bonds. The number of nitrogens with one attached hydrogen (secondary N) is 1. The zero-order chi connectivity index (χ0) is 11.3. The number of hydrogen-bond donors (Lipinski definition) is 2. The van der Waals surface area contributed by atoms with Gasteiger partial charge in [-0.3, -0.25) is 4.72 Å². The van der Waals surface area contributed by atoms with E-state index in [0.717, 1.165) is 6.07 Å². The molecule has 0 radical (unpaired) electrons. The molecule has 0 spiro atoms. The van der Waals surface area contributed by atoms with Gasteiger partial charge in [0.05, 0.1) is 11.4 Å². The fourth-order valence-electron chi connectivity index (χ4n) is 1.06. The first-order valence-electron chi connectivity index (χ1n) is 4.49. The van der Waals surface area contributed by atoms with Crippen LogP contribution >= 0.6 is 0 Å². The summed E-state index contributed by atoms with van der Waals surface area (Å²) in [5.74, 6) is -0.533. The number of halogens is 1. The first-order chi connectivity index (χ1) is 7.03. The van der Waals surface area contributed by atoms with Crippen molar-refractivity contribution in [2.45, 2.75) is 6.42 Å². The number of hydrogen-bond acceptors (Lipinski definition) is 3. The number of nitrogens with two attached hydrogens (primary N) is 1. The lowest BCUT2D eigenvalue weighted by Crippen LogP contribution is -2.18. The largest absolute Gasteiger partial charge is 0.330 e. The van der Waals surface area contributed by atoms with Crippen LogP contribution in [-0.2, 0) is 10.0 Å². The van der Waals surface area contributed by atoms with E-state index in [0.29, 0.717) is 13.0 Å². The first-order valence-corrected chi connectivity index (χ1v) is 6.15. The molecular formula is C9H13FN2O2S. The van der Waals surface area contributed by atoms with E-state index in [1.54, 1.807) is 0 Å².